The van der Waals surface area contributed by atoms with Gasteiger partial charge < -0.3 is 10.0 Å². The second-order valence-electron chi connectivity index (χ2n) is 5.19. The Kier molecular flexibility index (Phi) is 6.61. The Morgan fingerprint density at radius 2 is 1.95 bits per heavy atom. The van der Waals surface area contributed by atoms with Crippen LogP contribution < -0.4 is 0 Å². The number of aromatic carboxylic acids is 1. The first-order valence-electron chi connectivity index (χ1n) is 6.82. The molecule has 0 radical (unpaired) electrons. The third kappa shape index (κ3) is 5.27. The van der Waals surface area contributed by atoms with Gasteiger partial charge in [0.15, 0.2) is 0 Å². The first kappa shape index (κ1) is 16.6. The summed E-state index contributed by atoms with van der Waals surface area (Å²) >= 11 is 0. The number of hydrogen-bond acceptors (Lipinski definition) is 3. The highest BCUT2D eigenvalue weighted by atomic mass is 19.1. The highest BCUT2D eigenvalue weighted by Gasteiger charge is 2.14. The lowest BCUT2D eigenvalue weighted by atomic mass is 10.1. The van der Waals surface area contributed by atoms with Crippen LogP contribution in [0.5, 0.6) is 0 Å². The quantitative estimate of drug-likeness (QED) is 0.794. The number of rotatable bonds is 8. The fraction of sp³-hybridized carbons (Fsp3) is 0.533. The van der Waals surface area contributed by atoms with E-state index in [9.17, 15) is 9.18 Å². The molecule has 0 aromatic heterocycles. The Balaban J connectivity index is 2.86. The van der Waals surface area contributed by atoms with Gasteiger partial charge in [-0.1, -0.05) is 6.92 Å². The fourth-order valence-corrected chi connectivity index (χ4v) is 2.07. The van der Waals surface area contributed by atoms with Gasteiger partial charge >= 0.3 is 5.97 Å². The third-order valence-electron chi connectivity index (χ3n) is 3.09. The van der Waals surface area contributed by atoms with Crippen LogP contribution in [0.1, 0.15) is 29.3 Å². The molecule has 1 rings (SSSR count). The maximum absolute atomic E-state index is 13.3. The summed E-state index contributed by atoms with van der Waals surface area (Å²) in [5.74, 6) is -1.40. The van der Waals surface area contributed by atoms with Gasteiger partial charge in [0.25, 0.3) is 0 Å². The Labute approximate surface area is 119 Å². The van der Waals surface area contributed by atoms with Gasteiger partial charge in [-0.25, -0.2) is 9.18 Å². The Bertz CT molecular complexity index is 449. The molecule has 0 aliphatic heterocycles. The van der Waals surface area contributed by atoms with Gasteiger partial charge in [0.2, 0.25) is 0 Å². The van der Waals surface area contributed by atoms with E-state index >= 15 is 0 Å². The van der Waals surface area contributed by atoms with Crippen LogP contribution in [0.2, 0.25) is 0 Å². The van der Waals surface area contributed by atoms with Crippen molar-refractivity contribution in [3.63, 3.8) is 0 Å². The number of hydrogen-bond donors (Lipinski definition) is 1. The molecule has 0 amide bonds. The normalized spacial score (nSPS) is 11.3. The minimum Gasteiger partial charge on any atom is -0.478 e. The van der Waals surface area contributed by atoms with Crippen LogP contribution in [0, 0.1) is 5.82 Å². The van der Waals surface area contributed by atoms with Crippen LogP contribution in [0.15, 0.2) is 18.2 Å². The summed E-state index contributed by atoms with van der Waals surface area (Å²) in [6, 6.07) is 3.85. The molecule has 1 aromatic carbocycles. The Hall–Kier alpha value is -1.46. The summed E-state index contributed by atoms with van der Waals surface area (Å²) < 4.78 is 13.3. The van der Waals surface area contributed by atoms with Crippen LogP contribution in [-0.2, 0) is 6.54 Å². The zero-order valence-corrected chi connectivity index (χ0v) is 12.4. The van der Waals surface area contributed by atoms with Crippen LogP contribution in [0.25, 0.3) is 0 Å². The molecule has 0 atom stereocenters. The minimum atomic E-state index is -1.01. The van der Waals surface area contributed by atoms with E-state index < -0.39 is 11.8 Å². The molecule has 0 aliphatic carbocycles. The van der Waals surface area contributed by atoms with Crippen molar-refractivity contribution in [3.8, 4) is 0 Å². The van der Waals surface area contributed by atoms with Gasteiger partial charge in [0, 0.05) is 19.6 Å². The van der Waals surface area contributed by atoms with E-state index in [4.69, 9.17) is 5.11 Å². The van der Waals surface area contributed by atoms with Crippen molar-refractivity contribution in [2.24, 2.45) is 0 Å². The molecule has 0 bridgehead atoms. The van der Waals surface area contributed by atoms with Crippen molar-refractivity contribution >= 4 is 5.97 Å². The van der Waals surface area contributed by atoms with Crippen LogP contribution in [0.4, 0.5) is 4.39 Å². The van der Waals surface area contributed by atoms with Gasteiger partial charge in [-0.3, -0.25) is 4.90 Å². The van der Waals surface area contributed by atoms with E-state index in [1.54, 1.807) is 0 Å². The molecular formula is C15H23FN2O2. The summed E-state index contributed by atoms with van der Waals surface area (Å²) in [5, 5.41) is 9.17. The molecule has 0 fully saturated rings. The second-order valence-corrected chi connectivity index (χ2v) is 5.19. The van der Waals surface area contributed by atoms with Crippen LogP contribution in [0.3, 0.4) is 0 Å². The molecular weight excluding hydrogens is 259 g/mol. The molecule has 1 aromatic rings. The molecule has 0 spiro atoms. The number of nitrogens with zero attached hydrogens (tertiary/aromatic N) is 2. The zero-order valence-electron chi connectivity index (χ0n) is 12.4. The number of carboxylic acid groups (broad SMARTS) is 1. The first-order chi connectivity index (χ1) is 9.43. The average molecular weight is 282 g/mol. The van der Waals surface area contributed by atoms with E-state index in [0.29, 0.717) is 12.1 Å². The molecule has 112 valence electrons. The van der Waals surface area contributed by atoms with Gasteiger partial charge in [-0.15, -0.1) is 0 Å². The van der Waals surface area contributed by atoms with Crippen LogP contribution in [-0.4, -0.2) is 54.6 Å². The largest absolute Gasteiger partial charge is 0.478 e. The van der Waals surface area contributed by atoms with Gasteiger partial charge in [0.1, 0.15) is 5.82 Å². The Morgan fingerprint density at radius 1 is 1.25 bits per heavy atom. The van der Waals surface area contributed by atoms with Crippen molar-refractivity contribution in [1.29, 1.82) is 0 Å². The highest BCUT2D eigenvalue weighted by Crippen LogP contribution is 2.14. The van der Waals surface area contributed by atoms with E-state index in [2.05, 4.69) is 16.7 Å². The Morgan fingerprint density at radius 3 is 2.50 bits per heavy atom. The minimum absolute atomic E-state index is 0.178. The van der Waals surface area contributed by atoms with Crippen molar-refractivity contribution in [3.05, 3.63) is 35.1 Å². The van der Waals surface area contributed by atoms with Gasteiger partial charge in [-0.2, -0.15) is 0 Å². The van der Waals surface area contributed by atoms with Crippen molar-refractivity contribution in [2.45, 2.75) is 19.9 Å². The smallest absolute Gasteiger partial charge is 0.336 e. The standard InChI is InChI=1S/C15H23FN2O2/c1-4-7-18(9-8-17(2)3)11-12-10-13(16)5-6-14(12)15(19)20/h5-6,10H,4,7-9,11H2,1-3H3,(H,19,20). The maximum atomic E-state index is 13.3. The summed E-state index contributed by atoms with van der Waals surface area (Å²) in [5.41, 5.74) is 0.710. The third-order valence-corrected chi connectivity index (χ3v) is 3.09. The van der Waals surface area contributed by atoms with Crippen molar-refractivity contribution in [2.75, 3.05) is 33.7 Å². The summed E-state index contributed by atoms with van der Waals surface area (Å²) in [6.07, 6.45) is 0.977. The summed E-state index contributed by atoms with van der Waals surface area (Å²) in [6.45, 7) is 5.12. The molecule has 20 heavy (non-hydrogen) atoms. The second kappa shape index (κ2) is 7.97. The fourth-order valence-electron chi connectivity index (χ4n) is 2.07. The number of carbonyl (C=O) groups is 1. The molecule has 0 aliphatic rings. The number of halogens is 1. The van der Waals surface area contributed by atoms with E-state index in [-0.39, 0.29) is 5.56 Å². The van der Waals surface area contributed by atoms with Crippen LogP contribution >= 0.6 is 0 Å². The number of likely N-dealkylation sites (N-methyl/N-ethyl adjacent to an activating group) is 1. The molecule has 4 nitrogen and oxygen atoms in total. The molecule has 0 heterocycles. The van der Waals surface area contributed by atoms with E-state index in [1.165, 1.54) is 18.2 Å². The number of carboxylic acids is 1. The number of benzene rings is 1. The lowest BCUT2D eigenvalue weighted by Crippen LogP contribution is -2.32. The lowest BCUT2D eigenvalue weighted by molar-refractivity contribution is 0.0694. The van der Waals surface area contributed by atoms with Crippen molar-refractivity contribution < 1.29 is 14.3 Å². The lowest BCUT2D eigenvalue weighted by Gasteiger charge is -2.24. The summed E-state index contributed by atoms with van der Waals surface area (Å²) in [7, 11) is 3.99. The predicted octanol–water partition coefficient (Wildman–Crippen LogP) is 2.30. The summed E-state index contributed by atoms with van der Waals surface area (Å²) in [4.78, 5) is 15.4. The van der Waals surface area contributed by atoms with Gasteiger partial charge in [0.05, 0.1) is 5.56 Å². The molecule has 0 saturated heterocycles. The molecule has 0 unspecified atom stereocenters. The molecule has 5 heteroatoms. The molecule has 0 saturated carbocycles. The van der Waals surface area contributed by atoms with E-state index in [1.807, 2.05) is 14.1 Å². The zero-order chi connectivity index (χ0) is 15.1. The van der Waals surface area contributed by atoms with E-state index in [0.717, 1.165) is 26.1 Å². The average Bonchev–Trinajstić information content (AvgIpc) is 2.36. The monoisotopic (exact) mass is 282 g/mol. The molecule has 1 N–H and O–H groups in total. The first-order valence-corrected chi connectivity index (χ1v) is 6.82. The topological polar surface area (TPSA) is 43.8 Å². The predicted molar refractivity (Wildman–Crippen MR) is 77.5 cm³/mol. The maximum Gasteiger partial charge on any atom is 0.336 e. The van der Waals surface area contributed by atoms with Crippen molar-refractivity contribution in [1.82, 2.24) is 9.80 Å². The SMILES string of the molecule is CCCN(CCN(C)C)Cc1cc(F)ccc1C(=O)O. The van der Waals surface area contributed by atoms with Gasteiger partial charge in [-0.05, 0) is 50.8 Å². The highest BCUT2D eigenvalue weighted by molar-refractivity contribution is 5.89.